The van der Waals surface area contributed by atoms with Crippen LogP contribution >= 0.6 is 0 Å². The van der Waals surface area contributed by atoms with Gasteiger partial charge < -0.3 is 5.73 Å². The second kappa shape index (κ2) is 2.69. The predicted molar refractivity (Wildman–Crippen MR) is 40.6 cm³/mol. The zero-order valence-corrected chi connectivity index (χ0v) is 6.44. The smallest absolute Gasteiger partial charge is 0.399 e. The Morgan fingerprint density at radius 2 is 1.83 bits per heavy atom. The first-order valence-corrected chi connectivity index (χ1v) is 3.34. The summed E-state index contributed by atoms with van der Waals surface area (Å²) in [6, 6.07) is 3.75. The number of anilines is 1. The van der Waals surface area contributed by atoms with E-state index >= 15 is 0 Å². The highest BCUT2D eigenvalue weighted by molar-refractivity contribution is 5.45. The summed E-state index contributed by atoms with van der Waals surface area (Å²) >= 11 is 0. The van der Waals surface area contributed by atoms with E-state index < -0.39 is 11.7 Å². The van der Waals surface area contributed by atoms with Crippen LogP contribution in [0.1, 0.15) is 11.1 Å². The zero-order valence-electron chi connectivity index (χ0n) is 6.44. The minimum Gasteiger partial charge on any atom is -0.399 e. The van der Waals surface area contributed by atoms with E-state index in [1.54, 1.807) is 0 Å². The summed E-state index contributed by atoms with van der Waals surface area (Å²) in [6.45, 7) is 1.41. The molecule has 0 aliphatic heterocycles. The largest absolute Gasteiger partial charge is 0.416 e. The van der Waals surface area contributed by atoms with Gasteiger partial charge in [0.1, 0.15) is 0 Å². The maximum atomic E-state index is 12.2. The highest BCUT2D eigenvalue weighted by Crippen LogP contribution is 2.32. The molecule has 0 atom stereocenters. The van der Waals surface area contributed by atoms with E-state index in [0.29, 0.717) is 0 Å². The van der Waals surface area contributed by atoms with Crippen molar-refractivity contribution < 1.29 is 13.2 Å². The molecule has 1 aromatic rings. The van der Waals surface area contributed by atoms with Crippen LogP contribution in [0, 0.1) is 6.92 Å². The lowest BCUT2D eigenvalue weighted by Crippen LogP contribution is -2.07. The highest BCUT2D eigenvalue weighted by Gasteiger charge is 2.32. The second-order valence-electron chi connectivity index (χ2n) is 2.57. The fraction of sp³-hybridized carbons (Fsp3) is 0.250. The van der Waals surface area contributed by atoms with Crippen molar-refractivity contribution in [3.05, 3.63) is 29.3 Å². The Labute approximate surface area is 68.0 Å². The van der Waals surface area contributed by atoms with Crippen molar-refractivity contribution in [1.82, 2.24) is 0 Å². The van der Waals surface area contributed by atoms with Crippen molar-refractivity contribution >= 4 is 5.69 Å². The van der Waals surface area contributed by atoms with Gasteiger partial charge in [0.15, 0.2) is 0 Å². The molecule has 1 nitrogen and oxygen atoms in total. The Kier molecular flexibility index (Phi) is 2.00. The van der Waals surface area contributed by atoms with Gasteiger partial charge in [-0.15, -0.1) is 0 Å². The van der Waals surface area contributed by atoms with Crippen LogP contribution in [0.15, 0.2) is 18.2 Å². The number of rotatable bonds is 0. The van der Waals surface area contributed by atoms with Crippen molar-refractivity contribution in [2.45, 2.75) is 13.1 Å². The quantitative estimate of drug-likeness (QED) is 0.602. The Balaban J connectivity index is 3.23. The number of halogens is 3. The van der Waals surface area contributed by atoms with Crippen LogP contribution in [0.4, 0.5) is 18.9 Å². The number of nitrogens with two attached hydrogens (primary N) is 1. The maximum absolute atomic E-state index is 12.2. The molecule has 0 heterocycles. The normalized spacial score (nSPS) is 11.7. The monoisotopic (exact) mass is 175 g/mol. The fourth-order valence-electron chi connectivity index (χ4n) is 0.945. The van der Waals surface area contributed by atoms with Crippen molar-refractivity contribution in [2.75, 3.05) is 5.73 Å². The number of aryl methyl sites for hydroxylation is 1. The summed E-state index contributed by atoms with van der Waals surface area (Å²) in [7, 11) is 0. The van der Waals surface area contributed by atoms with Crippen LogP contribution in [0.2, 0.25) is 0 Å². The predicted octanol–water partition coefficient (Wildman–Crippen LogP) is 2.60. The molecule has 0 aliphatic carbocycles. The third-order valence-electron chi connectivity index (χ3n) is 1.57. The van der Waals surface area contributed by atoms with Gasteiger partial charge in [-0.05, 0) is 24.6 Å². The molecule has 1 aromatic carbocycles. The lowest BCUT2D eigenvalue weighted by Gasteiger charge is -2.09. The van der Waals surface area contributed by atoms with Gasteiger partial charge in [0.25, 0.3) is 0 Å². The fourth-order valence-corrected chi connectivity index (χ4v) is 0.945. The van der Waals surface area contributed by atoms with E-state index in [-0.39, 0.29) is 11.3 Å². The number of alkyl halides is 3. The van der Waals surface area contributed by atoms with Crippen LogP contribution in [0.3, 0.4) is 0 Å². The molecule has 0 spiro atoms. The number of benzene rings is 1. The first-order valence-electron chi connectivity index (χ1n) is 3.34. The molecule has 1 rings (SSSR count). The van der Waals surface area contributed by atoms with Crippen LogP contribution in [-0.2, 0) is 6.18 Å². The van der Waals surface area contributed by atoms with Gasteiger partial charge in [0.05, 0.1) is 5.56 Å². The van der Waals surface area contributed by atoms with Gasteiger partial charge in [-0.2, -0.15) is 13.2 Å². The molecule has 0 radical (unpaired) electrons. The Bertz CT molecular complexity index is 291. The van der Waals surface area contributed by atoms with Crippen molar-refractivity contribution in [3.63, 3.8) is 0 Å². The summed E-state index contributed by atoms with van der Waals surface area (Å²) in [5.74, 6) is 0. The van der Waals surface area contributed by atoms with Gasteiger partial charge >= 0.3 is 6.18 Å². The molecular formula is C8H8F3N. The molecule has 12 heavy (non-hydrogen) atoms. The molecule has 0 unspecified atom stereocenters. The topological polar surface area (TPSA) is 26.0 Å². The van der Waals surface area contributed by atoms with Gasteiger partial charge in [0, 0.05) is 5.69 Å². The average molecular weight is 175 g/mol. The first-order chi connectivity index (χ1) is 5.41. The molecule has 4 heteroatoms. The molecule has 0 aliphatic rings. The van der Waals surface area contributed by atoms with Crippen LogP contribution in [0.5, 0.6) is 0 Å². The second-order valence-corrected chi connectivity index (χ2v) is 2.57. The third kappa shape index (κ3) is 1.69. The van der Waals surface area contributed by atoms with Crippen LogP contribution < -0.4 is 5.73 Å². The molecule has 0 aromatic heterocycles. The average Bonchev–Trinajstić information content (AvgIpc) is 1.92. The zero-order chi connectivity index (χ0) is 9.35. The Morgan fingerprint density at radius 1 is 1.25 bits per heavy atom. The minimum absolute atomic E-state index is 0.132. The van der Waals surface area contributed by atoms with E-state index in [0.717, 1.165) is 6.07 Å². The molecule has 0 saturated heterocycles. The Morgan fingerprint density at radius 3 is 2.25 bits per heavy atom. The van der Waals surface area contributed by atoms with Crippen molar-refractivity contribution in [1.29, 1.82) is 0 Å². The molecule has 0 amide bonds. The maximum Gasteiger partial charge on any atom is 0.416 e. The minimum atomic E-state index is -4.31. The summed E-state index contributed by atoms with van der Waals surface area (Å²) in [5, 5.41) is 0. The van der Waals surface area contributed by atoms with E-state index in [1.165, 1.54) is 19.1 Å². The molecule has 0 fully saturated rings. The van der Waals surface area contributed by atoms with Crippen LogP contribution in [0.25, 0.3) is 0 Å². The van der Waals surface area contributed by atoms with Gasteiger partial charge in [-0.25, -0.2) is 0 Å². The molecular weight excluding hydrogens is 167 g/mol. The highest BCUT2D eigenvalue weighted by atomic mass is 19.4. The first kappa shape index (κ1) is 8.90. The summed E-state index contributed by atoms with van der Waals surface area (Å²) in [6.07, 6.45) is -4.31. The van der Waals surface area contributed by atoms with E-state index in [1.807, 2.05) is 0 Å². The molecule has 2 N–H and O–H groups in total. The number of hydrogen-bond acceptors (Lipinski definition) is 1. The van der Waals surface area contributed by atoms with Gasteiger partial charge in [0.2, 0.25) is 0 Å². The lowest BCUT2D eigenvalue weighted by molar-refractivity contribution is -0.138. The lowest BCUT2D eigenvalue weighted by atomic mass is 10.1. The number of nitrogen functional groups attached to an aromatic ring is 1. The Hall–Kier alpha value is -1.19. The van der Waals surface area contributed by atoms with E-state index in [2.05, 4.69) is 0 Å². The summed E-state index contributed by atoms with van der Waals surface area (Å²) in [5.41, 5.74) is 4.88. The number of hydrogen-bond donors (Lipinski definition) is 1. The SMILES string of the molecule is Cc1ccc(N)cc1C(F)(F)F. The van der Waals surface area contributed by atoms with E-state index in [9.17, 15) is 13.2 Å². The van der Waals surface area contributed by atoms with Crippen molar-refractivity contribution in [2.24, 2.45) is 0 Å². The van der Waals surface area contributed by atoms with Crippen LogP contribution in [-0.4, -0.2) is 0 Å². The third-order valence-corrected chi connectivity index (χ3v) is 1.57. The molecule has 66 valence electrons. The standard InChI is InChI=1S/C8H8F3N/c1-5-2-3-6(12)4-7(5)8(9,10)11/h2-4H,12H2,1H3. The summed E-state index contributed by atoms with van der Waals surface area (Å²) in [4.78, 5) is 0. The molecule has 0 saturated carbocycles. The van der Waals surface area contributed by atoms with E-state index in [4.69, 9.17) is 5.73 Å². The van der Waals surface area contributed by atoms with Crippen molar-refractivity contribution in [3.8, 4) is 0 Å². The summed E-state index contributed by atoms with van der Waals surface area (Å²) < 4.78 is 36.5. The van der Waals surface area contributed by atoms with Gasteiger partial charge in [-0.1, -0.05) is 6.07 Å². The van der Waals surface area contributed by atoms with Gasteiger partial charge in [-0.3, -0.25) is 0 Å². The molecule has 0 bridgehead atoms.